The maximum absolute atomic E-state index is 10.8. The second-order valence-electron chi connectivity index (χ2n) is 3.24. The third kappa shape index (κ3) is 1.92. The Kier molecular flexibility index (Phi) is 2.36. The molecule has 0 saturated carbocycles. The zero-order valence-corrected chi connectivity index (χ0v) is 7.42. The lowest BCUT2D eigenvalue weighted by Crippen LogP contribution is -2.24. The van der Waals surface area contributed by atoms with Crippen LogP contribution >= 0.6 is 0 Å². The van der Waals surface area contributed by atoms with Gasteiger partial charge in [0.1, 0.15) is 0 Å². The number of nitrogens with one attached hydrogen (secondary N) is 1. The highest BCUT2D eigenvalue weighted by Crippen LogP contribution is 2.17. The number of hydrogen-bond acceptors (Lipinski definition) is 2. The van der Waals surface area contributed by atoms with Gasteiger partial charge in [0.15, 0.2) is 0 Å². The molecule has 0 spiro atoms. The number of piperidine rings is 1. The van der Waals surface area contributed by atoms with Gasteiger partial charge in [-0.3, -0.25) is 4.79 Å². The minimum atomic E-state index is -0.154. The molecule has 2 heterocycles. The standard InChI is InChI=1S/C10H12N2O/c13-10-2-1-9(7-12-10)8-3-5-11-6-4-8/h1-2,7,11H,3-6H2. The van der Waals surface area contributed by atoms with Crippen LogP contribution in [0.3, 0.4) is 0 Å². The summed E-state index contributed by atoms with van der Waals surface area (Å²) in [5.74, 6) is -0.154. The summed E-state index contributed by atoms with van der Waals surface area (Å²) in [7, 11) is 0. The minimum absolute atomic E-state index is 0.154. The first kappa shape index (κ1) is 8.38. The van der Waals surface area contributed by atoms with Gasteiger partial charge in [0.05, 0.1) is 0 Å². The van der Waals surface area contributed by atoms with Crippen molar-refractivity contribution >= 4 is 12.1 Å². The van der Waals surface area contributed by atoms with E-state index in [9.17, 15) is 4.79 Å². The van der Waals surface area contributed by atoms with Crippen molar-refractivity contribution in [3.05, 3.63) is 23.3 Å². The topological polar surface area (TPSA) is 41.5 Å². The zero-order valence-electron chi connectivity index (χ0n) is 7.42. The lowest BCUT2D eigenvalue weighted by molar-refractivity contribution is -0.113. The lowest BCUT2D eigenvalue weighted by Gasteiger charge is -2.17. The molecule has 0 unspecified atom stereocenters. The molecule has 0 aromatic carbocycles. The van der Waals surface area contributed by atoms with E-state index in [1.807, 2.05) is 6.08 Å². The average Bonchev–Trinajstić information content (AvgIpc) is 2.20. The summed E-state index contributed by atoms with van der Waals surface area (Å²) >= 11 is 0. The predicted molar refractivity (Wildman–Crippen MR) is 51.8 cm³/mol. The van der Waals surface area contributed by atoms with E-state index in [0.717, 1.165) is 31.5 Å². The Balaban J connectivity index is 2.18. The number of carbonyl (C=O) groups is 1. The summed E-state index contributed by atoms with van der Waals surface area (Å²) in [6, 6.07) is 0. The first-order valence-electron chi connectivity index (χ1n) is 4.55. The van der Waals surface area contributed by atoms with Crippen molar-refractivity contribution in [2.24, 2.45) is 4.99 Å². The van der Waals surface area contributed by atoms with Crippen LogP contribution in [0.5, 0.6) is 0 Å². The molecule has 2 aliphatic heterocycles. The number of amides is 1. The second kappa shape index (κ2) is 3.66. The summed E-state index contributed by atoms with van der Waals surface area (Å²) in [4.78, 5) is 14.5. The monoisotopic (exact) mass is 176 g/mol. The van der Waals surface area contributed by atoms with Crippen molar-refractivity contribution in [2.75, 3.05) is 13.1 Å². The van der Waals surface area contributed by atoms with E-state index in [1.54, 1.807) is 6.21 Å². The Hall–Kier alpha value is -1.22. The van der Waals surface area contributed by atoms with Crippen molar-refractivity contribution in [3.63, 3.8) is 0 Å². The SMILES string of the molecule is O=C1C=CC(=C2CCNCC2)C=N1. The molecule has 3 heteroatoms. The summed E-state index contributed by atoms with van der Waals surface area (Å²) in [5, 5.41) is 3.29. The highest BCUT2D eigenvalue weighted by Gasteiger charge is 2.09. The molecular formula is C10H12N2O. The number of aliphatic imine (C=N–C) groups is 1. The van der Waals surface area contributed by atoms with E-state index in [1.165, 1.54) is 11.6 Å². The van der Waals surface area contributed by atoms with Crippen molar-refractivity contribution in [3.8, 4) is 0 Å². The van der Waals surface area contributed by atoms with Crippen LogP contribution in [0, 0.1) is 0 Å². The largest absolute Gasteiger partial charge is 0.316 e. The molecule has 13 heavy (non-hydrogen) atoms. The Morgan fingerprint density at radius 1 is 1.23 bits per heavy atom. The highest BCUT2D eigenvalue weighted by atomic mass is 16.1. The fourth-order valence-corrected chi connectivity index (χ4v) is 1.61. The quantitative estimate of drug-likeness (QED) is 0.594. The zero-order chi connectivity index (χ0) is 9.10. The Bertz CT molecular complexity index is 287. The smallest absolute Gasteiger partial charge is 0.269 e. The second-order valence-corrected chi connectivity index (χ2v) is 3.24. The van der Waals surface area contributed by atoms with Crippen LogP contribution in [-0.4, -0.2) is 25.2 Å². The van der Waals surface area contributed by atoms with Gasteiger partial charge in [0.2, 0.25) is 0 Å². The van der Waals surface area contributed by atoms with Gasteiger partial charge in [-0.15, -0.1) is 0 Å². The number of rotatable bonds is 0. The first-order chi connectivity index (χ1) is 6.36. The maximum atomic E-state index is 10.8. The summed E-state index contributed by atoms with van der Waals surface area (Å²) in [6.07, 6.45) is 7.23. The molecule has 0 radical (unpaired) electrons. The number of carbonyl (C=O) groups excluding carboxylic acids is 1. The van der Waals surface area contributed by atoms with Gasteiger partial charge in [-0.25, -0.2) is 4.99 Å². The van der Waals surface area contributed by atoms with Crippen molar-refractivity contribution in [1.82, 2.24) is 5.32 Å². The molecule has 2 rings (SSSR count). The summed E-state index contributed by atoms with van der Waals surface area (Å²) in [6.45, 7) is 2.07. The Labute approximate surface area is 77.2 Å². The minimum Gasteiger partial charge on any atom is -0.316 e. The maximum Gasteiger partial charge on any atom is 0.269 e. The molecule has 0 aromatic rings. The molecular weight excluding hydrogens is 164 g/mol. The van der Waals surface area contributed by atoms with E-state index < -0.39 is 0 Å². The lowest BCUT2D eigenvalue weighted by atomic mass is 9.98. The van der Waals surface area contributed by atoms with Crippen LogP contribution in [0.4, 0.5) is 0 Å². The highest BCUT2D eigenvalue weighted by molar-refractivity contribution is 6.03. The van der Waals surface area contributed by atoms with Crippen LogP contribution in [0.2, 0.25) is 0 Å². The molecule has 68 valence electrons. The fourth-order valence-electron chi connectivity index (χ4n) is 1.61. The van der Waals surface area contributed by atoms with E-state index in [4.69, 9.17) is 0 Å². The fraction of sp³-hybridized carbons (Fsp3) is 0.400. The number of hydrogen-bond donors (Lipinski definition) is 1. The molecule has 0 aliphatic carbocycles. The average molecular weight is 176 g/mol. The Morgan fingerprint density at radius 2 is 2.00 bits per heavy atom. The molecule has 1 fully saturated rings. The molecule has 2 aliphatic rings. The molecule has 1 amide bonds. The Morgan fingerprint density at radius 3 is 2.62 bits per heavy atom. The van der Waals surface area contributed by atoms with Gasteiger partial charge in [-0.2, -0.15) is 0 Å². The number of allylic oxidation sites excluding steroid dienone is 2. The predicted octanol–water partition coefficient (Wildman–Crippen LogP) is 0.834. The summed E-state index contributed by atoms with van der Waals surface area (Å²) < 4.78 is 0. The molecule has 1 saturated heterocycles. The number of nitrogens with zero attached hydrogens (tertiary/aromatic N) is 1. The van der Waals surface area contributed by atoms with Crippen molar-refractivity contribution < 1.29 is 4.79 Å². The van der Waals surface area contributed by atoms with Gasteiger partial charge >= 0.3 is 0 Å². The molecule has 0 atom stereocenters. The van der Waals surface area contributed by atoms with Crippen molar-refractivity contribution in [2.45, 2.75) is 12.8 Å². The normalized spacial score (nSPS) is 22.6. The van der Waals surface area contributed by atoms with Crippen LogP contribution in [0.25, 0.3) is 0 Å². The van der Waals surface area contributed by atoms with E-state index in [2.05, 4.69) is 10.3 Å². The van der Waals surface area contributed by atoms with Gasteiger partial charge < -0.3 is 5.32 Å². The third-order valence-corrected chi connectivity index (χ3v) is 2.35. The van der Waals surface area contributed by atoms with Crippen LogP contribution in [-0.2, 0) is 4.79 Å². The molecule has 1 N–H and O–H groups in total. The van der Waals surface area contributed by atoms with Gasteiger partial charge in [-0.05, 0) is 37.6 Å². The first-order valence-corrected chi connectivity index (χ1v) is 4.55. The van der Waals surface area contributed by atoms with Crippen LogP contribution < -0.4 is 5.32 Å². The molecule has 0 aromatic heterocycles. The van der Waals surface area contributed by atoms with Gasteiger partial charge in [0.25, 0.3) is 5.91 Å². The van der Waals surface area contributed by atoms with Gasteiger partial charge in [0, 0.05) is 12.3 Å². The van der Waals surface area contributed by atoms with E-state index in [-0.39, 0.29) is 5.91 Å². The van der Waals surface area contributed by atoms with E-state index >= 15 is 0 Å². The van der Waals surface area contributed by atoms with Gasteiger partial charge in [-0.1, -0.05) is 5.57 Å². The summed E-state index contributed by atoms with van der Waals surface area (Å²) in [5.41, 5.74) is 2.53. The van der Waals surface area contributed by atoms with Crippen LogP contribution in [0.15, 0.2) is 28.3 Å². The molecule has 0 bridgehead atoms. The third-order valence-electron chi connectivity index (χ3n) is 2.35. The van der Waals surface area contributed by atoms with Crippen LogP contribution in [0.1, 0.15) is 12.8 Å². The molecule has 3 nitrogen and oxygen atoms in total. The van der Waals surface area contributed by atoms with E-state index in [0.29, 0.717) is 0 Å². The van der Waals surface area contributed by atoms with Crippen molar-refractivity contribution in [1.29, 1.82) is 0 Å². The number of dihydropyridines is 1.